The maximum absolute atomic E-state index is 12.5. The summed E-state index contributed by atoms with van der Waals surface area (Å²) in [5, 5.41) is 0. The van der Waals surface area contributed by atoms with Crippen molar-refractivity contribution in [1.29, 1.82) is 0 Å². The molecular weight excluding hydrogens is 286 g/mol. The Labute approximate surface area is 98.9 Å². The lowest BCUT2D eigenvalue weighted by Crippen LogP contribution is -2.10. The Morgan fingerprint density at radius 3 is 2.81 bits per heavy atom. The van der Waals surface area contributed by atoms with Gasteiger partial charge in [-0.15, -0.1) is 0 Å². The molecule has 0 aromatic carbocycles. The SMILES string of the molecule is CCOC(=O)c1cc(N)c(Br)c(C(F)F)n1. The van der Waals surface area contributed by atoms with Crippen molar-refractivity contribution in [3.05, 3.63) is 21.9 Å². The van der Waals surface area contributed by atoms with E-state index in [0.717, 1.165) is 0 Å². The minimum atomic E-state index is -2.81. The number of rotatable bonds is 3. The highest BCUT2D eigenvalue weighted by Gasteiger charge is 2.20. The van der Waals surface area contributed by atoms with Crippen molar-refractivity contribution in [2.45, 2.75) is 13.3 Å². The lowest BCUT2D eigenvalue weighted by Gasteiger charge is -2.08. The highest BCUT2D eigenvalue weighted by atomic mass is 79.9. The second kappa shape index (κ2) is 5.20. The van der Waals surface area contributed by atoms with Gasteiger partial charge in [-0.2, -0.15) is 0 Å². The fourth-order valence-electron chi connectivity index (χ4n) is 1.02. The van der Waals surface area contributed by atoms with Crippen molar-refractivity contribution in [2.24, 2.45) is 0 Å². The molecule has 16 heavy (non-hydrogen) atoms. The van der Waals surface area contributed by atoms with Crippen LogP contribution in [0.2, 0.25) is 0 Å². The van der Waals surface area contributed by atoms with Crippen LogP contribution in [0.25, 0.3) is 0 Å². The highest BCUT2D eigenvalue weighted by molar-refractivity contribution is 9.10. The van der Waals surface area contributed by atoms with E-state index in [9.17, 15) is 13.6 Å². The van der Waals surface area contributed by atoms with Crippen LogP contribution < -0.4 is 5.73 Å². The molecule has 1 aromatic rings. The van der Waals surface area contributed by atoms with E-state index in [2.05, 4.69) is 25.7 Å². The zero-order valence-electron chi connectivity index (χ0n) is 8.34. The van der Waals surface area contributed by atoms with E-state index < -0.39 is 18.1 Å². The fraction of sp³-hybridized carbons (Fsp3) is 0.333. The molecule has 0 aliphatic heterocycles. The summed E-state index contributed by atoms with van der Waals surface area (Å²) in [5.41, 5.74) is 4.70. The third-order valence-electron chi connectivity index (χ3n) is 1.70. The Hall–Kier alpha value is -1.24. The van der Waals surface area contributed by atoms with Gasteiger partial charge in [-0.05, 0) is 28.9 Å². The molecule has 0 bridgehead atoms. The maximum atomic E-state index is 12.5. The minimum absolute atomic E-state index is 0.00412. The molecule has 7 heteroatoms. The zero-order chi connectivity index (χ0) is 12.3. The fourth-order valence-corrected chi connectivity index (χ4v) is 1.40. The smallest absolute Gasteiger partial charge is 0.357 e. The number of nitrogens with zero attached hydrogens (tertiary/aromatic N) is 1. The summed E-state index contributed by atoms with van der Waals surface area (Å²) >= 11 is 2.88. The van der Waals surface area contributed by atoms with E-state index in [4.69, 9.17) is 5.73 Å². The van der Waals surface area contributed by atoms with E-state index in [1.807, 2.05) is 0 Å². The van der Waals surface area contributed by atoms with Crippen LogP contribution in [0.5, 0.6) is 0 Å². The molecule has 1 heterocycles. The molecule has 0 aliphatic carbocycles. The number of anilines is 1. The van der Waals surface area contributed by atoms with E-state index in [1.165, 1.54) is 6.07 Å². The van der Waals surface area contributed by atoms with Gasteiger partial charge in [0.1, 0.15) is 5.69 Å². The van der Waals surface area contributed by atoms with Gasteiger partial charge in [-0.25, -0.2) is 18.6 Å². The molecule has 4 nitrogen and oxygen atoms in total. The summed E-state index contributed by atoms with van der Waals surface area (Å²) in [4.78, 5) is 14.8. The Balaban J connectivity index is 3.18. The van der Waals surface area contributed by atoms with Crippen LogP contribution in [0.3, 0.4) is 0 Å². The number of ether oxygens (including phenoxy) is 1. The number of hydrogen-bond acceptors (Lipinski definition) is 4. The predicted molar refractivity (Wildman–Crippen MR) is 57.3 cm³/mol. The van der Waals surface area contributed by atoms with Crippen LogP contribution in [0, 0.1) is 0 Å². The Bertz CT molecular complexity index is 413. The molecule has 1 aromatic heterocycles. The van der Waals surface area contributed by atoms with E-state index in [0.29, 0.717) is 0 Å². The number of nitrogen functional groups attached to an aromatic ring is 1. The quantitative estimate of drug-likeness (QED) is 0.870. The van der Waals surface area contributed by atoms with E-state index in [-0.39, 0.29) is 22.5 Å². The van der Waals surface area contributed by atoms with Gasteiger partial charge >= 0.3 is 5.97 Å². The van der Waals surface area contributed by atoms with Crippen LogP contribution >= 0.6 is 15.9 Å². The first-order chi connectivity index (χ1) is 7.47. The van der Waals surface area contributed by atoms with Crippen molar-refractivity contribution < 1.29 is 18.3 Å². The number of carbonyl (C=O) groups excluding carboxylic acids is 1. The molecule has 1 rings (SSSR count). The first-order valence-electron chi connectivity index (χ1n) is 4.38. The van der Waals surface area contributed by atoms with Crippen molar-refractivity contribution in [3.63, 3.8) is 0 Å². The number of esters is 1. The van der Waals surface area contributed by atoms with Crippen molar-refractivity contribution in [2.75, 3.05) is 12.3 Å². The summed E-state index contributed by atoms with van der Waals surface area (Å²) in [6, 6.07) is 1.19. The number of halogens is 3. The lowest BCUT2D eigenvalue weighted by molar-refractivity contribution is 0.0518. The summed E-state index contributed by atoms with van der Waals surface area (Å²) in [7, 11) is 0. The third kappa shape index (κ3) is 2.66. The molecule has 0 fully saturated rings. The molecule has 0 aliphatic rings. The number of aromatic nitrogens is 1. The predicted octanol–water partition coefficient (Wildman–Crippen LogP) is 2.54. The van der Waals surface area contributed by atoms with Gasteiger partial charge in [0.05, 0.1) is 16.8 Å². The first-order valence-corrected chi connectivity index (χ1v) is 5.17. The van der Waals surface area contributed by atoms with Gasteiger partial charge in [-0.1, -0.05) is 0 Å². The zero-order valence-corrected chi connectivity index (χ0v) is 9.92. The number of alkyl halides is 2. The summed E-state index contributed by atoms with van der Waals surface area (Å²) in [6.07, 6.45) is -2.81. The maximum Gasteiger partial charge on any atom is 0.357 e. The molecule has 0 atom stereocenters. The standard InChI is InChI=1S/C9H9BrF2N2O2/c1-2-16-9(15)5-3-4(13)6(10)7(14-5)8(11)12/h3,8H,2H2,1H3,(H2,13,14). The Kier molecular flexibility index (Phi) is 4.17. The largest absolute Gasteiger partial charge is 0.461 e. The molecular formula is C9H9BrF2N2O2. The second-order valence-corrected chi connectivity index (χ2v) is 3.61. The van der Waals surface area contributed by atoms with Crippen LogP contribution in [-0.4, -0.2) is 17.6 Å². The molecule has 88 valence electrons. The molecule has 0 spiro atoms. The van der Waals surface area contributed by atoms with E-state index >= 15 is 0 Å². The molecule has 0 amide bonds. The molecule has 0 saturated carbocycles. The average Bonchev–Trinajstić information content (AvgIpc) is 2.21. The average molecular weight is 295 g/mol. The molecule has 0 radical (unpaired) electrons. The Morgan fingerprint density at radius 1 is 1.69 bits per heavy atom. The normalized spacial score (nSPS) is 10.6. The van der Waals surface area contributed by atoms with Crippen LogP contribution in [0.15, 0.2) is 10.5 Å². The number of carbonyl (C=O) groups is 1. The second-order valence-electron chi connectivity index (χ2n) is 2.82. The summed E-state index contributed by atoms with van der Waals surface area (Å²) < 4.78 is 29.7. The summed E-state index contributed by atoms with van der Waals surface area (Å²) in [5.74, 6) is -0.774. The van der Waals surface area contributed by atoms with Crippen LogP contribution in [0.4, 0.5) is 14.5 Å². The van der Waals surface area contributed by atoms with Crippen LogP contribution in [-0.2, 0) is 4.74 Å². The lowest BCUT2D eigenvalue weighted by atomic mass is 10.2. The highest BCUT2D eigenvalue weighted by Crippen LogP contribution is 2.30. The van der Waals surface area contributed by atoms with Crippen LogP contribution in [0.1, 0.15) is 29.5 Å². The molecule has 2 N–H and O–H groups in total. The van der Waals surface area contributed by atoms with Crippen molar-refractivity contribution >= 4 is 27.6 Å². The number of pyridine rings is 1. The minimum Gasteiger partial charge on any atom is -0.461 e. The van der Waals surface area contributed by atoms with Crippen molar-refractivity contribution in [1.82, 2.24) is 4.98 Å². The monoisotopic (exact) mass is 294 g/mol. The van der Waals surface area contributed by atoms with Gasteiger partial charge in [0.25, 0.3) is 6.43 Å². The third-order valence-corrected chi connectivity index (χ3v) is 2.57. The molecule has 0 saturated heterocycles. The van der Waals surface area contributed by atoms with Gasteiger partial charge in [-0.3, -0.25) is 0 Å². The molecule has 0 unspecified atom stereocenters. The summed E-state index contributed by atoms with van der Waals surface area (Å²) in [6.45, 7) is 1.74. The topological polar surface area (TPSA) is 65.2 Å². The van der Waals surface area contributed by atoms with Gasteiger partial charge < -0.3 is 10.5 Å². The van der Waals surface area contributed by atoms with Gasteiger partial charge in [0.15, 0.2) is 5.69 Å². The van der Waals surface area contributed by atoms with Crippen molar-refractivity contribution in [3.8, 4) is 0 Å². The van der Waals surface area contributed by atoms with E-state index in [1.54, 1.807) is 6.92 Å². The van der Waals surface area contributed by atoms with Gasteiger partial charge in [0, 0.05) is 0 Å². The number of hydrogen-bond donors (Lipinski definition) is 1. The Morgan fingerprint density at radius 2 is 2.31 bits per heavy atom. The van der Waals surface area contributed by atoms with Gasteiger partial charge in [0.2, 0.25) is 0 Å². The number of nitrogens with two attached hydrogens (primary N) is 1. The first kappa shape index (κ1) is 12.8.